The molecule has 2 aromatic carbocycles. The van der Waals surface area contributed by atoms with Gasteiger partial charge in [-0.1, -0.05) is 17.7 Å². The average molecular weight is 423 g/mol. The van der Waals surface area contributed by atoms with E-state index in [0.29, 0.717) is 11.3 Å². The van der Waals surface area contributed by atoms with Crippen molar-refractivity contribution in [2.24, 2.45) is 0 Å². The van der Waals surface area contributed by atoms with Crippen LogP contribution in [0, 0.1) is 10.1 Å². The summed E-state index contributed by atoms with van der Waals surface area (Å²) < 4.78 is 23.2. The van der Waals surface area contributed by atoms with Crippen molar-refractivity contribution in [2.75, 3.05) is 11.2 Å². The van der Waals surface area contributed by atoms with E-state index in [1.807, 2.05) is 13.8 Å². The molecule has 148 valence electrons. The van der Waals surface area contributed by atoms with Crippen LogP contribution in [-0.2, 0) is 14.6 Å². The van der Waals surface area contributed by atoms with Gasteiger partial charge in [-0.25, -0.2) is 8.42 Å². The number of benzene rings is 2. The maximum atomic E-state index is 12.7. The predicted molar refractivity (Wildman–Crippen MR) is 109 cm³/mol. The summed E-state index contributed by atoms with van der Waals surface area (Å²) in [7, 11) is -3.33. The van der Waals surface area contributed by atoms with Crippen LogP contribution in [0.4, 0.5) is 11.4 Å². The van der Waals surface area contributed by atoms with Gasteiger partial charge in [0.05, 0.1) is 9.82 Å². The van der Waals surface area contributed by atoms with Crippen molar-refractivity contribution >= 4 is 44.8 Å². The van der Waals surface area contributed by atoms with Crippen LogP contribution in [0.3, 0.4) is 0 Å². The molecule has 2 aromatic rings. The summed E-state index contributed by atoms with van der Waals surface area (Å²) in [5.74, 6) is -0.347. The molecule has 0 aromatic heterocycles. The highest BCUT2D eigenvalue weighted by atomic mass is 35.5. The lowest BCUT2D eigenvalue weighted by Gasteiger charge is -2.25. The molecule has 2 rings (SSSR count). The first-order chi connectivity index (χ1) is 13.0. The van der Waals surface area contributed by atoms with Gasteiger partial charge >= 0.3 is 0 Å². The normalized spacial score (nSPS) is 11.8. The number of amides is 1. The van der Waals surface area contributed by atoms with Crippen molar-refractivity contribution in [2.45, 2.75) is 24.8 Å². The van der Waals surface area contributed by atoms with Gasteiger partial charge in [0.1, 0.15) is 5.02 Å². The predicted octanol–water partition coefficient (Wildman–Crippen LogP) is 4.11. The third-order valence-corrected chi connectivity index (χ3v) is 5.33. The van der Waals surface area contributed by atoms with Crippen LogP contribution in [-0.4, -0.2) is 31.5 Å². The molecule has 7 nitrogen and oxygen atoms in total. The molecule has 0 atom stereocenters. The molecule has 0 spiro atoms. The smallest absolute Gasteiger partial charge is 0.288 e. The van der Waals surface area contributed by atoms with E-state index in [0.717, 1.165) is 6.26 Å². The maximum absolute atomic E-state index is 12.7. The zero-order valence-electron chi connectivity index (χ0n) is 15.5. The summed E-state index contributed by atoms with van der Waals surface area (Å²) in [5, 5.41) is 11.0. The molecule has 0 aliphatic heterocycles. The van der Waals surface area contributed by atoms with E-state index in [9.17, 15) is 23.3 Å². The monoisotopic (exact) mass is 422 g/mol. The van der Waals surface area contributed by atoms with Gasteiger partial charge in [-0.3, -0.25) is 14.9 Å². The quantitative estimate of drug-likeness (QED) is 0.396. The number of carbonyl (C=O) groups is 1. The molecule has 0 bridgehead atoms. The lowest BCUT2D eigenvalue weighted by molar-refractivity contribution is -0.384. The molecular formula is C19H19ClN2O5S. The summed E-state index contributed by atoms with van der Waals surface area (Å²) in [6, 6.07) is 10.1. The molecule has 0 saturated carbocycles. The molecule has 0 aliphatic rings. The van der Waals surface area contributed by atoms with Crippen LogP contribution in [0.1, 0.15) is 19.4 Å². The van der Waals surface area contributed by atoms with Crippen molar-refractivity contribution < 1.29 is 18.1 Å². The number of sulfone groups is 1. The molecule has 0 fully saturated rings. The molecule has 0 N–H and O–H groups in total. The highest BCUT2D eigenvalue weighted by Crippen LogP contribution is 2.26. The van der Waals surface area contributed by atoms with Gasteiger partial charge in [-0.05, 0) is 55.8 Å². The number of hydrogen-bond donors (Lipinski definition) is 0. The van der Waals surface area contributed by atoms with Gasteiger partial charge < -0.3 is 4.90 Å². The summed E-state index contributed by atoms with van der Waals surface area (Å²) >= 11 is 5.79. The number of rotatable bonds is 6. The Morgan fingerprint density at radius 1 is 1.18 bits per heavy atom. The van der Waals surface area contributed by atoms with E-state index >= 15 is 0 Å². The fourth-order valence-corrected chi connectivity index (χ4v) is 3.37. The van der Waals surface area contributed by atoms with Crippen LogP contribution >= 0.6 is 11.6 Å². The van der Waals surface area contributed by atoms with Gasteiger partial charge in [0.2, 0.25) is 0 Å². The van der Waals surface area contributed by atoms with E-state index in [1.54, 1.807) is 18.2 Å². The summed E-state index contributed by atoms with van der Waals surface area (Å²) in [6.45, 7) is 3.65. The molecule has 9 heteroatoms. The number of nitro groups is 1. The Kier molecular flexibility index (Phi) is 6.58. The van der Waals surface area contributed by atoms with Gasteiger partial charge in [0.15, 0.2) is 9.84 Å². The largest absolute Gasteiger partial charge is 0.306 e. The van der Waals surface area contributed by atoms with Gasteiger partial charge in [-0.15, -0.1) is 0 Å². The van der Waals surface area contributed by atoms with Crippen molar-refractivity contribution in [3.63, 3.8) is 0 Å². The minimum Gasteiger partial charge on any atom is -0.306 e. The lowest BCUT2D eigenvalue weighted by Crippen LogP contribution is -2.35. The fraction of sp³-hybridized carbons (Fsp3) is 0.211. The summed E-state index contributed by atoms with van der Waals surface area (Å²) in [5.41, 5.74) is 0.757. The Morgan fingerprint density at radius 3 is 2.29 bits per heavy atom. The highest BCUT2D eigenvalue weighted by molar-refractivity contribution is 7.90. The van der Waals surface area contributed by atoms with Crippen LogP contribution in [0.5, 0.6) is 0 Å². The van der Waals surface area contributed by atoms with Crippen LogP contribution in [0.2, 0.25) is 5.02 Å². The Labute approximate surface area is 168 Å². The van der Waals surface area contributed by atoms with Crippen molar-refractivity contribution in [3.8, 4) is 0 Å². The molecule has 0 unspecified atom stereocenters. The Morgan fingerprint density at radius 2 is 1.79 bits per heavy atom. The van der Waals surface area contributed by atoms with Crippen molar-refractivity contribution in [1.82, 2.24) is 0 Å². The second-order valence-corrected chi connectivity index (χ2v) is 8.79. The Balaban J connectivity index is 2.30. The summed E-state index contributed by atoms with van der Waals surface area (Å²) in [4.78, 5) is 24.7. The first-order valence-corrected chi connectivity index (χ1v) is 10.5. The molecule has 1 amide bonds. The van der Waals surface area contributed by atoms with Crippen LogP contribution in [0.25, 0.3) is 6.08 Å². The second kappa shape index (κ2) is 8.53. The zero-order chi connectivity index (χ0) is 21.1. The second-order valence-electron chi connectivity index (χ2n) is 6.37. The number of halogens is 1. The third-order valence-electron chi connectivity index (χ3n) is 3.88. The minimum absolute atomic E-state index is 0.0169. The average Bonchev–Trinajstić information content (AvgIpc) is 2.60. The highest BCUT2D eigenvalue weighted by Gasteiger charge is 2.18. The van der Waals surface area contributed by atoms with Crippen LogP contribution < -0.4 is 4.90 Å². The molecular weight excluding hydrogens is 404 g/mol. The number of nitro benzene ring substituents is 1. The topological polar surface area (TPSA) is 97.6 Å². The SMILES string of the molecule is CC(C)N(C(=O)/C=C/c1ccc(Cl)c([N+](=O)[O-])c1)c1ccc(S(C)(=O)=O)cc1. The molecule has 0 heterocycles. The van der Waals surface area contributed by atoms with Crippen LogP contribution in [0.15, 0.2) is 53.4 Å². The first-order valence-electron chi connectivity index (χ1n) is 8.26. The number of anilines is 1. The van der Waals surface area contributed by atoms with Gasteiger partial charge in [-0.2, -0.15) is 0 Å². The van der Waals surface area contributed by atoms with E-state index in [-0.39, 0.29) is 27.6 Å². The Hall–Kier alpha value is -2.71. The number of hydrogen-bond acceptors (Lipinski definition) is 5. The van der Waals surface area contributed by atoms with Gasteiger partial charge in [0, 0.05) is 30.1 Å². The molecule has 28 heavy (non-hydrogen) atoms. The van der Waals surface area contributed by atoms with E-state index in [4.69, 9.17) is 11.6 Å². The summed E-state index contributed by atoms with van der Waals surface area (Å²) in [6.07, 6.45) is 3.88. The maximum Gasteiger partial charge on any atom is 0.288 e. The van der Waals surface area contributed by atoms with E-state index in [1.165, 1.54) is 41.3 Å². The number of nitrogens with zero attached hydrogens (tertiary/aromatic N) is 2. The van der Waals surface area contributed by atoms with E-state index < -0.39 is 14.8 Å². The standard InChI is InChI=1S/C19H19ClN2O5S/c1-13(2)21(15-6-8-16(9-7-15)28(3,26)27)19(23)11-5-14-4-10-17(20)18(12-14)22(24)25/h4-13H,1-3H3/b11-5+. The van der Waals surface area contributed by atoms with Crippen molar-refractivity contribution in [1.29, 1.82) is 0 Å². The van der Waals surface area contributed by atoms with Gasteiger partial charge in [0.25, 0.3) is 11.6 Å². The minimum atomic E-state index is -3.33. The molecule has 0 radical (unpaired) electrons. The zero-order valence-corrected chi connectivity index (χ0v) is 17.1. The fourth-order valence-electron chi connectivity index (χ4n) is 2.55. The third kappa shape index (κ3) is 5.17. The molecule has 0 saturated heterocycles. The Bertz CT molecular complexity index is 1030. The van der Waals surface area contributed by atoms with Crippen molar-refractivity contribution in [3.05, 3.63) is 69.2 Å². The lowest BCUT2D eigenvalue weighted by atomic mass is 10.1. The first kappa shape index (κ1) is 21.6. The van der Waals surface area contributed by atoms with E-state index in [2.05, 4.69) is 0 Å². The molecule has 0 aliphatic carbocycles. The number of carbonyl (C=O) groups excluding carboxylic acids is 1.